The van der Waals surface area contributed by atoms with Crippen molar-refractivity contribution in [1.29, 1.82) is 0 Å². The largest absolute Gasteiger partial charge is 0.417 e. The molecule has 0 aliphatic carbocycles. The van der Waals surface area contributed by atoms with Gasteiger partial charge in [0.25, 0.3) is 11.8 Å². The van der Waals surface area contributed by atoms with E-state index < -0.39 is 40.3 Å². The molecule has 0 spiro atoms. The second kappa shape index (κ2) is 18.7. The van der Waals surface area contributed by atoms with Crippen LogP contribution in [0.2, 0.25) is 5.02 Å². The van der Waals surface area contributed by atoms with Gasteiger partial charge in [-0.25, -0.2) is 29.9 Å². The van der Waals surface area contributed by atoms with Crippen LogP contribution in [-0.2, 0) is 12.4 Å². The normalized spacial score (nSPS) is 11.5. The van der Waals surface area contributed by atoms with Crippen LogP contribution in [0.3, 0.4) is 0 Å². The summed E-state index contributed by atoms with van der Waals surface area (Å²) >= 11 is 5.82. The Balaban J connectivity index is 1.19. The number of carbonyl (C=O) groups excluding carboxylic acids is 2. The molecule has 2 amide bonds. The molecule has 68 heavy (non-hydrogen) atoms. The average molecular weight is 947 g/mol. The van der Waals surface area contributed by atoms with Gasteiger partial charge >= 0.3 is 12.4 Å². The van der Waals surface area contributed by atoms with Crippen molar-refractivity contribution in [1.82, 2.24) is 29.9 Å². The second-order valence-electron chi connectivity index (χ2n) is 14.9. The molecule has 0 fully saturated rings. The maximum atomic E-state index is 13.7. The number of nitrogen functional groups attached to an aromatic ring is 2. The number of aryl methyl sites for hydroxylation is 1. The van der Waals surface area contributed by atoms with Crippen LogP contribution in [0, 0.1) is 6.92 Å². The Bertz CT molecular complexity index is 3240. The number of aromatic nitrogens is 6. The van der Waals surface area contributed by atoms with Gasteiger partial charge in [-0.3, -0.25) is 9.59 Å². The summed E-state index contributed by atoms with van der Waals surface area (Å²) in [5, 5.41) is 11.0. The summed E-state index contributed by atoms with van der Waals surface area (Å²) in [6, 6.07) is 24.7. The first-order valence-corrected chi connectivity index (χ1v) is 20.3. The van der Waals surface area contributed by atoms with Gasteiger partial charge in [-0.1, -0.05) is 29.8 Å². The maximum Gasteiger partial charge on any atom is 0.417 e. The van der Waals surface area contributed by atoms with Crippen molar-refractivity contribution in [2.24, 2.45) is 0 Å². The molecule has 4 aromatic heterocycles. The van der Waals surface area contributed by atoms with Crippen LogP contribution in [0.15, 0.2) is 134 Å². The SMILES string of the molecule is Cc1ccc(C(=O)Nc2cccc(C(F)(F)F)c2)cc1Nc1ncc(-c2ccc(C(=O)Nc3ccc(Cl)c(C(F)(F)F)c3)cc2Nc2ncccc2-c2cc(N)ncn2)cc1-c1cc(N)ncn1. The number of nitrogens with two attached hydrogens (primary N) is 2. The van der Waals surface area contributed by atoms with Crippen molar-refractivity contribution >= 4 is 69.4 Å². The quantitative estimate of drug-likeness (QED) is 0.0669. The van der Waals surface area contributed by atoms with E-state index in [4.69, 9.17) is 28.1 Å². The highest BCUT2D eigenvalue weighted by molar-refractivity contribution is 6.31. The number of halogens is 7. The molecule has 8 N–H and O–H groups in total. The van der Waals surface area contributed by atoms with E-state index in [1.165, 1.54) is 73.6 Å². The summed E-state index contributed by atoms with van der Waals surface area (Å²) in [6.07, 6.45) is -3.80. The molecular formula is C47H33ClF6N12O2. The zero-order valence-electron chi connectivity index (χ0n) is 35.0. The minimum atomic E-state index is -4.78. The molecule has 0 saturated carbocycles. The minimum Gasteiger partial charge on any atom is -0.384 e. The van der Waals surface area contributed by atoms with Crippen molar-refractivity contribution in [2.45, 2.75) is 19.3 Å². The van der Waals surface area contributed by atoms with Crippen LogP contribution in [-0.4, -0.2) is 41.7 Å². The van der Waals surface area contributed by atoms with E-state index in [1.807, 2.05) is 0 Å². The van der Waals surface area contributed by atoms with Gasteiger partial charge in [0.1, 0.15) is 35.9 Å². The third-order valence-corrected chi connectivity index (χ3v) is 10.5. The van der Waals surface area contributed by atoms with E-state index in [0.717, 1.165) is 24.3 Å². The summed E-state index contributed by atoms with van der Waals surface area (Å²) in [5.41, 5.74) is 13.9. The van der Waals surface area contributed by atoms with Crippen molar-refractivity contribution in [3.05, 3.63) is 167 Å². The van der Waals surface area contributed by atoms with Crippen LogP contribution in [0.4, 0.5) is 72.4 Å². The smallest absolute Gasteiger partial charge is 0.384 e. The summed E-state index contributed by atoms with van der Waals surface area (Å²) < 4.78 is 81.3. The van der Waals surface area contributed by atoms with Crippen molar-refractivity contribution in [3.63, 3.8) is 0 Å². The summed E-state index contributed by atoms with van der Waals surface area (Å²) in [7, 11) is 0. The average Bonchev–Trinajstić information content (AvgIpc) is 3.30. The van der Waals surface area contributed by atoms with Crippen LogP contribution >= 0.6 is 11.6 Å². The number of hydrogen-bond donors (Lipinski definition) is 6. The molecule has 0 atom stereocenters. The predicted octanol–water partition coefficient (Wildman–Crippen LogP) is 11.2. The Morgan fingerprint density at radius 1 is 0.574 bits per heavy atom. The number of nitrogens with one attached hydrogen (secondary N) is 4. The van der Waals surface area contributed by atoms with Gasteiger partial charge in [0.15, 0.2) is 0 Å². The first kappa shape index (κ1) is 45.9. The monoisotopic (exact) mass is 946 g/mol. The molecule has 8 aromatic rings. The highest BCUT2D eigenvalue weighted by Gasteiger charge is 2.34. The Hall–Kier alpha value is -8.65. The van der Waals surface area contributed by atoms with Crippen LogP contribution in [0.5, 0.6) is 0 Å². The highest BCUT2D eigenvalue weighted by atomic mass is 35.5. The van der Waals surface area contributed by atoms with E-state index in [0.29, 0.717) is 44.9 Å². The molecule has 0 radical (unpaired) electrons. The van der Waals surface area contributed by atoms with Crippen LogP contribution in [0.25, 0.3) is 33.6 Å². The first-order valence-electron chi connectivity index (χ1n) is 20.0. The molecule has 8 rings (SSSR count). The molecule has 0 aliphatic heterocycles. The number of carbonyl (C=O) groups is 2. The summed E-state index contributed by atoms with van der Waals surface area (Å²) in [5.74, 6) is -0.585. The number of rotatable bonds is 11. The van der Waals surface area contributed by atoms with Crippen molar-refractivity contribution in [3.8, 4) is 33.6 Å². The number of alkyl halides is 6. The van der Waals surface area contributed by atoms with Gasteiger partial charge in [-0.2, -0.15) is 26.3 Å². The fraction of sp³-hybridized carbons (Fsp3) is 0.0638. The molecule has 0 saturated heterocycles. The Morgan fingerprint density at radius 3 is 1.85 bits per heavy atom. The zero-order chi connectivity index (χ0) is 48.3. The lowest BCUT2D eigenvalue weighted by Gasteiger charge is -2.18. The number of benzene rings is 4. The van der Waals surface area contributed by atoms with E-state index in [9.17, 15) is 35.9 Å². The van der Waals surface area contributed by atoms with E-state index >= 15 is 0 Å². The molecule has 14 nitrogen and oxygen atoms in total. The molecular weight excluding hydrogens is 914 g/mol. The third-order valence-electron chi connectivity index (χ3n) is 10.2. The van der Waals surface area contributed by atoms with Crippen LogP contribution < -0.4 is 32.7 Å². The standard InChI is InChI=1S/C47H33ClF6N12O2/c1-24-7-8-25(44(67)63-29-5-2-4-28(17-29)46(49,50)51)15-36(24)65-43-33(38-20-41(56)62-23-60-38)14-27(21-58-43)31-11-9-26(45(68)64-30-10-12-35(48)34(18-30)47(52,53)54)16-39(31)66-42-32(6-3-13-57-42)37-19-40(55)61-22-59-37/h2-23H,1H3,(H,57,66)(H,58,65)(H,63,67)(H,64,68)(H2,55,59,61)(H2,56,60,62). The predicted molar refractivity (Wildman–Crippen MR) is 246 cm³/mol. The maximum absolute atomic E-state index is 13.7. The van der Waals surface area contributed by atoms with Gasteiger partial charge in [0.05, 0.1) is 27.5 Å². The summed E-state index contributed by atoms with van der Waals surface area (Å²) in [4.78, 5) is 53.2. The molecule has 21 heteroatoms. The number of anilines is 8. The van der Waals surface area contributed by atoms with Crippen molar-refractivity contribution < 1.29 is 35.9 Å². The van der Waals surface area contributed by atoms with E-state index in [1.54, 1.807) is 43.3 Å². The Kier molecular flexibility index (Phi) is 12.6. The number of nitrogens with zero attached hydrogens (tertiary/aromatic N) is 6. The number of hydrogen-bond acceptors (Lipinski definition) is 12. The summed E-state index contributed by atoms with van der Waals surface area (Å²) in [6.45, 7) is 1.77. The zero-order valence-corrected chi connectivity index (χ0v) is 35.8. The topological polar surface area (TPSA) is 212 Å². The first-order chi connectivity index (χ1) is 32.4. The van der Waals surface area contributed by atoms with Gasteiger partial charge in [0.2, 0.25) is 0 Å². The molecule has 4 heterocycles. The highest BCUT2D eigenvalue weighted by Crippen LogP contribution is 2.40. The fourth-order valence-electron chi connectivity index (χ4n) is 6.85. The molecule has 0 aliphatic rings. The van der Waals surface area contributed by atoms with Gasteiger partial charge in [0, 0.05) is 80.7 Å². The molecule has 4 aromatic carbocycles. The lowest BCUT2D eigenvalue weighted by molar-refractivity contribution is -0.138. The van der Waals surface area contributed by atoms with Crippen LogP contribution in [0.1, 0.15) is 37.4 Å². The fourth-order valence-corrected chi connectivity index (χ4v) is 7.08. The molecule has 0 bridgehead atoms. The third kappa shape index (κ3) is 10.4. The Labute approximate surface area is 386 Å². The number of pyridine rings is 2. The lowest BCUT2D eigenvalue weighted by Crippen LogP contribution is -2.14. The second-order valence-corrected chi connectivity index (χ2v) is 15.3. The molecule has 342 valence electrons. The van der Waals surface area contributed by atoms with Gasteiger partial charge < -0.3 is 32.7 Å². The van der Waals surface area contributed by atoms with Gasteiger partial charge in [-0.15, -0.1) is 0 Å². The van der Waals surface area contributed by atoms with E-state index in [2.05, 4.69) is 46.2 Å². The van der Waals surface area contributed by atoms with E-state index in [-0.39, 0.29) is 51.5 Å². The minimum absolute atomic E-state index is 0.0333. The lowest BCUT2D eigenvalue weighted by atomic mass is 9.99. The van der Waals surface area contributed by atoms with Gasteiger partial charge in [-0.05, 0) is 91.3 Å². The van der Waals surface area contributed by atoms with Crippen molar-refractivity contribution in [2.75, 3.05) is 32.7 Å². The molecule has 0 unspecified atom stereocenters. The number of amides is 2. The Morgan fingerprint density at radius 2 is 1.19 bits per heavy atom.